The van der Waals surface area contributed by atoms with Gasteiger partial charge < -0.3 is 14.5 Å². The molecule has 162 valence electrons. The van der Waals surface area contributed by atoms with Gasteiger partial charge in [-0.1, -0.05) is 0 Å². The number of ether oxygens (including phenoxy) is 1. The maximum absolute atomic E-state index is 13.0. The van der Waals surface area contributed by atoms with Crippen molar-refractivity contribution in [3.63, 3.8) is 0 Å². The molecule has 31 heavy (non-hydrogen) atoms. The van der Waals surface area contributed by atoms with Gasteiger partial charge in [0.2, 0.25) is 0 Å². The maximum atomic E-state index is 13.0. The summed E-state index contributed by atoms with van der Waals surface area (Å²) in [4.78, 5) is 26.7. The normalized spacial score (nSPS) is 14.1. The average Bonchev–Trinajstić information content (AvgIpc) is 2.76. The Kier molecular flexibility index (Phi) is 6.29. The Morgan fingerprint density at radius 1 is 1.13 bits per heavy atom. The molecule has 1 aliphatic rings. The lowest BCUT2D eigenvalue weighted by Gasteiger charge is -2.36. The van der Waals surface area contributed by atoms with Crippen molar-refractivity contribution in [2.45, 2.75) is 6.18 Å². The predicted molar refractivity (Wildman–Crippen MR) is 104 cm³/mol. The summed E-state index contributed by atoms with van der Waals surface area (Å²) >= 11 is 0. The van der Waals surface area contributed by atoms with Gasteiger partial charge in [0.15, 0.2) is 6.61 Å². The van der Waals surface area contributed by atoms with Gasteiger partial charge in [0.05, 0.1) is 16.1 Å². The van der Waals surface area contributed by atoms with E-state index in [2.05, 4.69) is 0 Å². The van der Waals surface area contributed by atoms with Crippen LogP contribution in [0, 0.1) is 21.4 Å². The molecule has 0 aromatic heterocycles. The number of anilines is 1. The van der Waals surface area contributed by atoms with Crippen molar-refractivity contribution in [2.75, 3.05) is 37.7 Å². The highest BCUT2D eigenvalue weighted by Crippen LogP contribution is 2.31. The maximum Gasteiger partial charge on any atom is 0.416 e. The fourth-order valence-electron chi connectivity index (χ4n) is 3.23. The molecular formula is C20H17F3N4O4. The van der Waals surface area contributed by atoms with Crippen molar-refractivity contribution in [2.24, 2.45) is 0 Å². The number of non-ortho nitro benzene ring substituents is 1. The summed E-state index contributed by atoms with van der Waals surface area (Å²) in [6, 6.07) is 10.1. The van der Waals surface area contributed by atoms with Crippen molar-refractivity contribution in [1.29, 1.82) is 5.26 Å². The lowest BCUT2D eigenvalue weighted by atomic mass is 10.1. The highest BCUT2D eigenvalue weighted by atomic mass is 19.4. The standard InChI is InChI=1S/C20H17F3N4O4/c21-20(22,23)14-1-3-15(4-2-14)25-8-10-26(11-9-25)19(28)17-13-16(27(29)30)5-6-18(17)31-12-7-24/h1-6,13H,8-12H2. The first-order chi connectivity index (χ1) is 14.7. The summed E-state index contributed by atoms with van der Waals surface area (Å²) in [5.74, 6) is -0.411. The summed E-state index contributed by atoms with van der Waals surface area (Å²) in [7, 11) is 0. The summed E-state index contributed by atoms with van der Waals surface area (Å²) in [6.45, 7) is 0.959. The molecule has 1 aliphatic heterocycles. The third kappa shape index (κ3) is 5.03. The highest BCUT2D eigenvalue weighted by Gasteiger charge is 2.31. The van der Waals surface area contributed by atoms with Crippen molar-refractivity contribution >= 4 is 17.3 Å². The Balaban J connectivity index is 1.72. The Morgan fingerprint density at radius 2 is 1.77 bits per heavy atom. The van der Waals surface area contributed by atoms with Crippen LogP contribution in [0.15, 0.2) is 42.5 Å². The molecule has 0 aliphatic carbocycles. The van der Waals surface area contributed by atoms with E-state index in [4.69, 9.17) is 10.00 Å². The van der Waals surface area contributed by atoms with E-state index < -0.39 is 22.6 Å². The number of nitro benzene ring substituents is 1. The number of carbonyl (C=O) groups is 1. The van der Waals surface area contributed by atoms with Crippen LogP contribution in [0.5, 0.6) is 5.75 Å². The van der Waals surface area contributed by atoms with E-state index in [0.29, 0.717) is 18.8 Å². The van der Waals surface area contributed by atoms with Crippen LogP contribution in [-0.2, 0) is 6.18 Å². The molecule has 1 heterocycles. The molecular weight excluding hydrogens is 417 g/mol. The minimum atomic E-state index is -4.41. The van der Waals surface area contributed by atoms with E-state index >= 15 is 0 Å². The van der Waals surface area contributed by atoms with Gasteiger partial charge in [0, 0.05) is 44.0 Å². The smallest absolute Gasteiger partial charge is 0.416 e. The second-order valence-electron chi connectivity index (χ2n) is 6.71. The topological polar surface area (TPSA) is 99.7 Å². The molecule has 0 atom stereocenters. The first-order valence-corrected chi connectivity index (χ1v) is 9.20. The molecule has 11 heteroatoms. The molecule has 1 amide bonds. The van der Waals surface area contributed by atoms with Crippen molar-refractivity contribution in [3.05, 3.63) is 63.7 Å². The number of hydrogen-bond donors (Lipinski definition) is 0. The molecule has 0 radical (unpaired) electrons. The SMILES string of the molecule is N#CCOc1ccc([N+](=O)[O-])cc1C(=O)N1CCN(c2ccc(C(F)(F)F)cc2)CC1. The van der Waals surface area contributed by atoms with Gasteiger partial charge in [-0.05, 0) is 30.3 Å². The second kappa shape index (κ2) is 8.91. The third-order valence-electron chi connectivity index (χ3n) is 4.82. The zero-order valence-corrected chi connectivity index (χ0v) is 16.1. The van der Waals surface area contributed by atoms with Crippen molar-refractivity contribution < 1.29 is 27.6 Å². The van der Waals surface area contributed by atoms with Gasteiger partial charge in [-0.25, -0.2) is 0 Å². The number of halogens is 3. The van der Waals surface area contributed by atoms with E-state index in [0.717, 1.165) is 18.2 Å². The largest absolute Gasteiger partial charge is 0.478 e. The Bertz CT molecular complexity index is 1010. The van der Waals surface area contributed by atoms with Gasteiger partial charge in [0.1, 0.15) is 11.8 Å². The van der Waals surface area contributed by atoms with E-state index in [1.165, 1.54) is 29.2 Å². The Hall–Kier alpha value is -3.81. The number of nitro groups is 1. The monoisotopic (exact) mass is 434 g/mol. The molecule has 1 fully saturated rings. The minimum absolute atomic E-state index is 0.0209. The van der Waals surface area contributed by atoms with Gasteiger partial charge in [0.25, 0.3) is 11.6 Å². The molecule has 0 spiro atoms. The molecule has 3 rings (SSSR count). The number of hydrogen-bond acceptors (Lipinski definition) is 6. The zero-order valence-electron chi connectivity index (χ0n) is 16.1. The summed E-state index contributed by atoms with van der Waals surface area (Å²) in [5, 5.41) is 19.8. The molecule has 0 saturated carbocycles. The molecule has 0 unspecified atom stereocenters. The third-order valence-corrected chi connectivity index (χ3v) is 4.82. The van der Waals surface area contributed by atoms with Crippen LogP contribution in [0.4, 0.5) is 24.5 Å². The van der Waals surface area contributed by atoms with Crippen LogP contribution in [0.1, 0.15) is 15.9 Å². The number of nitriles is 1. The predicted octanol–water partition coefficient (Wildman–Crippen LogP) is 3.48. The second-order valence-corrected chi connectivity index (χ2v) is 6.71. The first-order valence-electron chi connectivity index (χ1n) is 9.20. The molecule has 8 nitrogen and oxygen atoms in total. The summed E-state index contributed by atoms with van der Waals surface area (Å²) < 4.78 is 43.4. The van der Waals surface area contributed by atoms with Crippen molar-refractivity contribution in [1.82, 2.24) is 4.90 Å². The zero-order chi connectivity index (χ0) is 22.6. The van der Waals surface area contributed by atoms with Gasteiger partial charge in [-0.3, -0.25) is 14.9 Å². The van der Waals surface area contributed by atoms with E-state index in [1.54, 1.807) is 6.07 Å². The van der Waals surface area contributed by atoms with Crippen LogP contribution in [-0.4, -0.2) is 48.5 Å². The highest BCUT2D eigenvalue weighted by molar-refractivity contribution is 5.97. The number of carbonyl (C=O) groups excluding carboxylic acids is 1. The summed E-state index contributed by atoms with van der Waals surface area (Å²) in [5.41, 5.74) is -0.433. The average molecular weight is 434 g/mol. The van der Waals surface area contributed by atoms with E-state index in [1.807, 2.05) is 4.90 Å². The number of rotatable bonds is 5. The summed E-state index contributed by atoms with van der Waals surface area (Å²) in [6.07, 6.45) is -4.41. The lowest BCUT2D eigenvalue weighted by molar-refractivity contribution is -0.384. The van der Waals surface area contributed by atoms with Crippen molar-refractivity contribution in [3.8, 4) is 11.8 Å². The minimum Gasteiger partial charge on any atom is -0.478 e. The number of benzene rings is 2. The first kappa shape index (κ1) is 21.9. The number of piperazine rings is 1. The molecule has 1 saturated heterocycles. The molecule has 2 aromatic rings. The van der Waals surface area contributed by atoms with Crippen LogP contribution >= 0.6 is 0 Å². The van der Waals surface area contributed by atoms with E-state index in [9.17, 15) is 28.1 Å². The molecule has 0 N–H and O–H groups in total. The van der Waals surface area contributed by atoms with Crippen LogP contribution < -0.4 is 9.64 Å². The molecule has 0 bridgehead atoms. The van der Waals surface area contributed by atoms with Gasteiger partial charge >= 0.3 is 6.18 Å². The van der Waals surface area contributed by atoms with E-state index in [-0.39, 0.29) is 36.7 Å². The van der Waals surface area contributed by atoms with Crippen LogP contribution in [0.25, 0.3) is 0 Å². The Labute approximate surface area is 175 Å². The number of nitrogens with zero attached hydrogens (tertiary/aromatic N) is 4. The Morgan fingerprint density at radius 3 is 2.32 bits per heavy atom. The fourth-order valence-corrected chi connectivity index (χ4v) is 3.23. The number of amides is 1. The van der Waals surface area contributed by atoms with Gasteiger partial charge in [-0.2, -0.15) is 18.4 Å². The van der Waals surface area contributed by atoms with Gasteiger partial charge in [-0.15, -0.1) is 0 Å². The van der Waals surface area contributed by atoms with Crippen LogP contribution in [0.2, 0.25) is 0 Å². The number of alkyl halides is 3. The quantitative estimate of drug-likeness (QED) is 0.528. The van der Waals surface area contributed by atoms with Crippen LogP contribution in [0.3, 0.4) is 0 Å². The molecule has 2 aromatic carbocycles. The fraction of sp³-hybridized carbons (Fsp3) is 0.300. The lowest BCUT2D eigenvalue weighted by Crippen LogP contribution is -2.48.